The van der Waals surface area contributed by atoms with Crippen molar-refractivity contribution < 1.29 is 9.90 Å². The molecule has 11 heavy (non-hydrogen) atoms. The quantitative estimate of drug-likeness (QED) is 0.746. The zero-order chi connectivity index (χ0) is 8.27. The fourth-order valence-corrected chi connectivity index (χ4v) is 1.60. The van der Waals surface area contributed by atoms with E-state index in [2.05, 4.69) is 4.98 Å². The van der Waals surface area contributed by atoms with Crippen LogP contribution in [0.3, 0.4) is 0 Å². The molecule has 1 N–H and O–H groups in total. The molecule has 3 nitrogen and oxygen atoms in total. The van der Waals surface area contributed by atoms with Gasteiger partial charge in [-0.3, -0.25) is 4.79 Å². The first-order chi connectivity index (χ1) is 5.22. The zero-order valence-electron chi connectivity index (χ0n) is 6.20. The third-order valence-electron chi connectivity index (χ3n) is 1.23. The van der Waals surface area contributed by atoms with Gasteiger partial charge in [-0.1, -0.05) is 6.92 Å². The van der Waals surface area contributed by atoms with Crippen molar-refractivity contribution in [1.29, 1.82) is 0 Å². The van der Waals surface area contributed by atoms with Gasteiger partial charge in [0.2, 0.25) is 0 Å². The van der Waals surface area contributed by atoms with Gasteiger partial charge in [0.25, 0.3) is 0 Å². The number of hydrogen-bond acceptors (Lipinski definition) is 3. The highest BCUT2D eigenvalue weighted by atomic mass is 32.1. The van der Waals surface area contributed by atoms with Gasteiger partial charge in [-0.15, -0.1) is 11.3 Å². The molecule has 0 atom stereocenters. The molecule has 0 aliphatic heterocycles. The van der Waals surface area contributed by atoms with Gasteiger partial charge in [-0.2, -0.15) is 0 Å². The topological polar surface area (TPSA) is 50.2 Å². The average Bonchev–Trinajstić information content (AvgIpc) is 2.34. The van der Waals surface area contributed by atoms with Crippen LogP contribution < -0.4 is 0 Å². The van der Waals surface area contributed by atoms with E-state index in [9.17, 15) is 4.79 Å². The lowest BCUT2D eigenvalue weighted by Gasteiger charge is -1.85. The Morgan fingerprint density at radius 1 is 1.82 bits per heavy atom. The number of carbonyl (C=O) groups is 1. The molecule has 0 radical (unpaired) electrons. The van der Waals surface area contributed by atoms with Crippen LogP contribution in [0.2, 0.25) is 0 Å². The molecular weight excluding hydrogens is 162 g/mol. The zero-order valence-corrected chi connectivity index (χ0v) is 7.02. The van der Waals surface area contributed by atoms with E-state index in [1.165, 1.54) is 11.3 Å². The Balaban J connectivity index is 2.65. The predicted molar refractivity (Wildman–Crippen MR) is 42.8 cm³/mol. The van der Waals surface area contributed by atoms with Gasteiger partial charge in [-0.25, -0.2) is 4.98 Å². The minimum Gasteiger partial charge on any atom is -0.481 e. The van der Waals surface area contributed by atoms with Crippen molar-refractivity contribution in [2.45, 2.75) is 19.8 Å². The van der Waals surface area contributed by atoms with Crippen molar-refractivity contribution >= 4 is 17.3 Å². The second-order valence-electron chi connectivity index (χ2n) is 2.14. The molecule has 1 rings (SSSR count). The molecule has 1 heterocycles. The number of nitrogens with zero attached hydrogens (tertiary/aromatic N) is 1. The van der Waals surface area contributed by atoms with Gasteiger partial charge in [0.05, 0.1) is 11.4 Å². The fourth-order valence-electron chi connectivity index (χ4n) is 0.742. The Kier molecular flexibility index (Phi) is 2.59. The Labute approximate surface area is 68.7 Å². The van der Waals surface area contributed by atoms with Crippen LogP contribution in [0.4, 0.5) is 0 Å². The summed E-state index contributed by atoms with van der Waals surface area (Å²) in [7, 11) is 0. The van der Waals surface area contributed by atoms with Crippen LogP contribution >= 0.6 is 11.3 Å². The standard InChI is InChI=1S/C7H9NO2S/c1-2-6-8-4-5(11-6)3-7(9)10/h4H,2-3H2,1H3,(H,9,10). The maximum Gasteiger partial charge on any atom is 0.308 e. The van der Waals surface area contributed by atoms with E-state index in [0.29, 0.717) is 0 Å². The number of thiazole rings is 1. The van der Waals surface area contributed by atoms with Crippen LogP contribution in [0.5, 0.6) is 0 Å². The van der Waals surface area contributed by atoms with Gasteiger partial charge in [0, 0.05) is 11.1 Å². The van der Waals surface area contributed by atoms with Crippen LogP contribution in [-0.2, 0) is 17.6 Å². The monoisotopic (exact) mass is 171 g/mol. The normalized spacial score (nSPS) is 9.91. The summed E-state index contributed by atoms with van der Waals surface area (Å²) in [6.07, 6.45) is 2.61. The summed E-state index contributed by atoms with van der Waals surface area (Å²) >= 11 is 1.47. The van der Waals surface area contributed by atoms with Crippen LogP contribution in [0.15, 0.2) is 6.20 Å². The van der Waals surface area contributed by atoms with Crippen LogP contribution in [0.1, 0.15) is 16.8 Å². The third kappa shape index (κ3) is 2.31. The number of aryl methyl sites for hydroxylation is 1. The first-order valence-electron chi connectivity index (χ1n) is 3.37. The lowest BCUT2D eigenvalue weighted by atomic mass is 10.4. The van der Waals surface area contributed by atoms with E-state index in [-0.39, 0.29) is 6.42 Å². The van der Waals surface area contributed by atoms with Crippen molar-refractivity contribution in [2.75, 3.05) is 0 Å². The predicted octanol–water partition coefficient (Wildman–Crippen LogP) is 1.33. The summed E-state index contributed by atoms with van der Waals surface area (Å²) < 4.78 is 0. The third-order valence-corrected chi connectivity index (χ3v) is 2.37. The highest BCUT2D eigenvalue weighted by Crippen LogP contribution is 2.13. The summed E-state index contributed by atoms with van der Waals surface area (Å²) in [5, 5.41) is 9.43. The molecule has 0 aliphatic carbocycles. The molecular formula is C7H9NO2S. The number of rotatable bonds is 3. The van der Waals surface area contributed by atoms with E-state index >= 15 is 0 Å². The van der Waals surface area contributed by atoms with E-state index in [0.717, 1.165) is 16.3 Å². The van der Waals surface area contributed by atoms with Crippen molar-refractivity contribution in [1.82, 2.24) is 4.98 Å². The molecule has 0 amide bonds. The Morgan fingerprint density at radius 3 is 3.00 bits per heavy atom. The molecule has 0 aromatic carbocycles. The summed E-state index contributed by atoms with van der Waals surface area (Å²) in [6.45, 7) is 2.00. The molecule has 0 saturated carbocycles. The first kappa shape index (κ1) is 8.20. The van der Waals surface area contributed by atoms with E-state index in [1.54, 1.807) is 6.20 Å². The van der Waals surface area contributed by atoms with Crippen molar-refractivity contribution in [3.8, 4) is 0 Å². The van der Waals surface area contributed by atoms with Gasteiger partial charge >= 0.3 is 5.97 Å². The van der Waals surface area contributed by atoms with Crippen LogP contribution in [-0.4, -0.2) is 16.1 Å². The van der Waals surface area contributed by atoms with Crippen molar-refractivity contribution in [3.05, 3.63) is 16.1 Å². The SMILES string of the molecule is CCc1ncc(CC(=O)O)s1. The maximum atomic E-state index is 10.2. The van der Waals surface area contributed by atoms with Gasteiger partial charge in [0.1, 0.15) is 0 Å². The molecule has 0 bridgehead atoms. The molecule has 1 aromatic rings. The van der Waals surface area contributed by atoms with Crippen molar-refractivity contribution in [2.24, 2.45) is 0 Å². The van der Waals surface area contributed by atoms with E-state index in [4.69, 9.17) is 5.11 Å². The molecule has 0 fully saturated rings. The number of aliphatic carboxylic acids is 1. The van der Waals surface area contributed by atoms with Gasteiger partial charge < -0.3 is 5.11 Å². The summed E-state index contributed by atoms with van der Waals surface area (Å²) in [4.78, 5) is 15.1. The Bertz CT molecular complexity index is 257. The van der Waals surface area contributed by atoms with Crippen molar-refractivity contribution in [3.63, 3.8) is 0 Å². The molecule has 0 saturated heterocycles. The summed E-state index contributed by atoms with van der Waals surface area (Å²) in [6, 6.07) is 0. The number of aromatic nitrogens is 1. The number of carboxylic acid groups (broad SMARTS) is 1. The Hall–Kier alpha value is -0.900. The van der Waals surface area contributed by atoms with Crippen LogP contribution in [0.25, 0.3) is 0 Å². The highest BCUT2D eigenvalue weighted by molar-refractivity contribution is 7.11. The average molecular weight is 171 g/mol. The van der Waals surface area contributed by atoms with Crippen LogP contribution in [0, 0.1) is 0 Å². The Morgan fingerprint density at radius 2 is 2.55 bits per heavy atom. The number of carboxylic acids is 1. The minimum absolute atomic E-state index is 0.0949. The fraction of sp³-hybridized carbons (Fsp3) is 0.429. The maximum absolute atomic E-state index is 10.2. The van der Waals surface area contributed by atoms with E-state index in [1.807, 2.05) is 6.92 Å². The first-order valence-corrected chi connectivity index (χ1v) is 4.19. The molecule has 0 unspecified atom stereocenters. The van der Waals surface area contributed by atoms with Gasteiger partial charge in [-0.05, 0) is 6.42 Å². The molecule has 1 aromatic heterocycles. The van der Waals surface area contributed by atoms with Gasteiger partial charge in [0.15, 0.2) is 0 Å². The molecule has 0 aliphatic rings. The second-order valence-corrected chi connectivity index (χ2v) is 3.34. The lowest BCUT2D eigenvalue weighted by molar-refractivity contribution is -0.136. The largest absolute Gasteiger partial charge is 0.481 e. The van der Waals surface area contributed by atoms with E-state index < -0.39 is 5.97 Å². The smallest absolute Gasteiger partial charge is 0.308 e. The summed E-state index contributed by atoms with van der Waals surface area (Å²) in [5.41, 5.74) is 0. The minimum atomic E-state index is -0.795. The number of hydrogen-bond donors (Lipinski definition) is 1. The highest BCUT2D eigenvalue weighted by Gasteiger charge is 2.03. The molecule has 0 spiro atoms. The lowest BCUT2D eigenvalue weighted by Crippen LogP contribution is -1.97. The second kappa shape index (κ2) is 3.48. The molecule has 60 valence electrons. The molecule has 4 heteroatoms. The summed E-state index contributed by atoms with van der Waals surface area (Å²) in [5.74, 6) is -0.795.